The molecule has 11 heteroatoms. The molecular formula is C24H19ClN4O6. The molecule has 1 aliphatic rings. The van der Waals surface area contributed by atoms with E-state index in [2.05, 4.69) is 15.0 Å². The van der Waals surface area contributed by atoms with Crippen LogP contribution < -0.4 is 5.32 Å². The van der Waals surface area contributed by atoms with Crippen LogP contribution in [0.5, 0.6) is 0 Å². The van der Waals surface area contributed by atoms with Crippen molar-refractivity contribution >= 4 is 40.8 Å². The van der Waals surface area contributed by atoms with Crippen LogP contribution in [0.1, 0.15) is 32.0 Å². The first-order valence-electron chi connectivity index (χ1n) is 10.5. The highest BCUT2D eigenvalue weighted by atomic mass is 35.5. The number of methoxy groups -OCH3 is 1. The van der Waals surface area contributed by atoms with Crippen LogP contribution in [-0.4, -0.2) is 45.7 Å². The smallest absolute Gasteiger partial charge is 0.344 e. The zero-order chi connectivity index (χ0) is 25.1. The van der Waals surface area contributed by atoms with Gasteiger partial charge in [0.25, 0.3) is 11.6 Å². The number of nitrogens with zero attached hydrogens (tertiary/aromatic N) is 3. The summed E-state index contributed by atoms with van der Waals surface area (Å²) in [4.78, 5) is 55.3. The van der Waals surface area contributed by atoms with Crippen LogP contribution in [0.4, 0.5) is 11.4 Å². The number of fused-ring (bicyclic) bond motifs is 1. The normalized spacial score (nSPS) is 15.1. The van der Waals surface area contributed by atoms with Crippen LogP contribution in [0.3, 0.4) is 0 Å². The minimum Gasteiger partial charge on any atom is -0.465 e. The van der Waals surface area contributed by atoms with Crippen molar-refractivity contribution in [2.75, 3.05) is 12.4 Å². The highest BCUT2D eigenvalue weighted by Crippen LogP contribution is 2.30. The fraction of sp³-hybridized carbons (Fsp3) is 0.167. The molecule has 2 heterocycles. The summed E-state index contributed by atoms with van der Waals surface area (Å²) in [5.74, 6) is -1.77. The summed E-state index contributed by atoms with van der Waals surface area (Å²) < 4.78 is 4.62. The Hall–Kier alpha value is -4.31. The summed E-state index contributed by atoms with van der Waals surface area (Å²) in [6, 6.07) is 12.8. The Morgan fingerprint density at radius 1 is 1.20 bits per heavy atom. The fourth-order valence-electron chi connectivity index (χ4n) is 3.87. The minimum absolute atomic E-state index is 0.114. The van der Waals surface area contributed by atoms with Crippen LogP contribution in [0, 0.1) is 10.1 Å². The number of nitro benzene ring substituents is 1. The highest BCUT2D eigenvalue weighted by Gasteiger charge is 2.36. The van der Waals surface area contributed by atoms with Crippen molar-refractivity contribution in [3.63, 3.8) is 0 Å². The zero-order valence-electron chi connectivity index (χ0n) is 18.4. The minimum atomic E-state index is -0.970. The summed E-state index contributed by atoms with van der Waals surface area (Å²) in [6.07, 6.45) is 1.70. The van der Waals surface area contributed by atoms with E-state index in [0.717, 1.165) is 7.11 Å². The predicted molar refractivity (Wildman–Crippen MR) is 126 cm³/mol. The first kappa shape index (κ1) is 23.8. The van der Waals surface area contributed by atoms with E-state index in [1.54, 1.807) is 24.4 Å². The van der Waals surface area contributed by atoms with Crippen molar-refractivity contribution in [1.82, 2.24) is 9.88 Å². The molecule has 0 fully saturated rings. The third-order valence-electron chi connectivity index (χ3n) is 5.56. The monoisotopic (exact) mass is 494 g/mol. The number of anilines is 1. The third kappa shape index (κ3) is 4.97. The van der Waals surface area contributed by atoms with Crippen LogP contribution in [-0.2, 0) is 22.5 Å². The lowest BCUT2D eigenvalue weighted by Gasteiger charge is -2.28. The number of hydrogen-bond acceptors (Lipinski definition) is 7. The lowest BCUT2D eigenvalue weighted by molar-refractivity contribution is -0.385. The van der Waals surface area contributed by atoms with E-state index in [1.165, 1.54) is 41.3 Å². The molecule has 0 spiro atoms. The molecule has 10 nitrogen and oxygen atoms in total. The molecule has 3 aromatic rings. The molecule has 1 N–H and O–H groups in total. The molecule has 178 valence electrons. The van der Waals surface area contributed by atoms with Gasteiger partial charge >= 0.3 is 5.97 Å². The number of ether oxygens (including phenoxy) is 1. The van der Waals surface area contributed by atoms with E-state index in [1.807, 2.05) is 0 Å². The van der Waals surface area contributed by atoms with Crippen LogP contribution in [0.15, 0.2) is 60.8 Å². The summed E-state index contributed by atoms with van der Waals surface area (Å²) in [6.45, 7) is -0.131. The SMILES string of the molecule is COC(=O)c1ccc(CN2C(=O)c3ccc(Cl)cc3NC(=O)[C@H]2Cc2ccccn2)cc1[N+](=O)[O-]. The molecule has 0 radical (unpaired) electrons. The van der Waals surface area contributed by atoms with E-state index >= 15 is 0 Å². The zero-order valence-corrected chi connectivity index (χ0v) is 19.2. The molecule has 2 amide bonds. The standard InChI is InChI=1S/C24H19ClN4O6/c1-35-24(32)18-7-5-14(10-20(18)29(33)34)13-28-21(12-16-4-2-3-9-26-16)22(30)27-19-11-15(25)6-8-17(19)23(28)31/h2-11,21H,12-13H2,1H3,(H,27,30)/t21-/m1/s1. The van der Waals surface area contributed by atoms with Crippen molar-refractivity contribution in [2.24, 2.45) is 0 Å². The summed E-state index contributed by atoms with van der Waals surface area (Å²) in [5.41, 5.74) is 0.760. The molecule has 0 aliphatic carbocycles. The second-order valence-corrected chi connectivity index (χ2v) is 8.19. The molecule has 1 aliphatic heterocycles. The predicted octanol–water partition coefficient (Wildman–Crippen LogP) is 3.64. The van der Waals surface area contributed by atoms with Crippen molar-refractivity contribution in [1.29, 1.82) is 0 Å². The average molecular weight is 495 g/mol. The van der Waals surface area contributed by atoms with E-state index in [9.17, 15) is 24.5 Å². The maximum Gasteiger partial charge on any atom is 0.344 e. The second kappa shape index (κ2) is 9.90. The molecule has 35 heavy (non-hydrogen) atoms. The molecular weight excluding hydrogens is 476 g/mol. The number of halogens is 1. The first-order chi connectivity index (χ1) is 16.8. The number of esters is 1. The number of benzene rings is 2. The van der Waals surface area contributed by atoms with Crippen molar-refractivity contribution in [3.8, 4) is 0 Å². The number of carbonyl (C=O) groups excluding carboxylic acids is 3. The Labute approximate surface area is 204 Å². The molecule has 0 bridgehead atoms. The van der Waals surface area contributed by atoms with Gasteiger partial charge in [-0.15, -0.1) is 0 Å². The largest absolute Gasteiger partial charge is 0.465 e. The Morgan fingerprint density at radius 3 is 2.69 bits per heavy atom. The van der Waals surface area contributed by atoms with Gasteiger partial charge in [0.2, 0.25) is 5.91 Å². The molecule has 0 saturated carbocycles. The second-order valence-electron chi connectivity index (χ2n) is 7.75. The molecule has 0 unspecified atom stereocenters. The number of amides is 2. The van der Waals surface area contributed by atoms with Gasteiger partial charge in [0.15, 0.2) is 0 Å². The number of pyridine rings is 1. The molecule has 4 rings (SSSR count). The van der Waals surface area contributed by atoms with Gasteiger partial charge in [-0.25, -0.2) is 4.79 Å². The lowest BCUT2D eigenvalue weighted by atomic mass is 10.0. The van der Waals surface area contributed by atoms with Gasteiger partial charge in [-0.2, -0.15) is 0 Å². The van der Waals surface area contributed by atoms with E-state index in [0.29, 0.717) is 16.3 Å². The van der Waals surface area contributed by atoms with Crippen molar-refractivity contribution in [2.45, 2.75) is 19.0 Å². The number of nitrogens with one attached hydrogen (secondary N) is 1. The Bertz CT molecular complexity index is 1330. The highest BCUT2D eigenvalue weighted by molar-refractivity contribution is 6.31. The van der Waals surface area contributed by atoms with Crippen LogP contribution in [0.25, 0.3) is 0 Å². The maximum absolute atomic E-state index is 13.6. The van der Waals surface area contributed by atoms with Crippen molar-refractivity contribution < 1.29 is 24.0 Å². The van der Waals surface area contributed by atoms with Crippen molar-refractivity contribution in [3.05, 3.63) is 98.3 Å². The van der Waals surface area contributed by atoms with Gasteiger partial charge in [-0.3, -0.25) is 24.7 Å². The topological polar surface area (TPSA) is 132 Å². The van der Waals surface area contributed by atoms with Gasteiger partial charge in [-0.1, -0.05) is 23.7 Å². The van der Waals surface area contributed by atoms with Gasteiger partial charge in [-0.05, 0) is 42.0 Å². The number of rotatable bonds is 6. The Kier molecular flexibility index (Phi) is 6.74. The summed E-state index contributed by atoms with van der Waals surface area (Å²) in [7, 11) is 1.13. The number of aromatic nitrogens is 1. The molecule has 0 saturated heterocycles. The maximum atomic E-state index is 13.6. The number of nitro groups is 1. The van der Waals surface area contributed by atoms with E-state index in [4.69, 9.17) is 11.6 Å². The molecule has 1 atom stereocenters. The Balaban J connectivity index is 1.77. The Morgan fingerprint density at radius 2 is 2.00 bits per heavy atom. The van der Waals surface area contributed by atoms with E-state index in [-0.39, 0.29) is 29.8 Å². The van der Waals surface area contributed by atoms with Crippen LogP contribution in [0.2, 0.25) is 5.02 Å². The number of carbonyl (C=O) groups is 3. The fourth-order valence-corrected chi connectivity index (χ4v) is 4.04. The van der Waals surface area contributed by atoms with E-state index < -0.39 is 34.4 Å². The number of hydrogen-bond donors (Lipinski definition) is 1. The molecule has 1 aromatic heterocycles. The summed E-state index contributed by atoms with van der Waals surface area (Å²) >= 11 is 6.07. The van der Waals surface area contributed by atoms with Gasteiger partial charge in [0.1, 0.15) is 11.6 Å². The average Bonchev–Trinajstić information content (AvgIpc) is 2.94. The van der Waals surface area contributed by atoms with Crippen LogP contribution >= 0.6 is 11.6 Å². The van der Waals surface area contributed by atoms with Gasteiger partial charge < -0.3 is 15.0 Å². The molecule has 2 aromatic carbocycles. The van der Waals surface area contributed by atoms with Gasteiger partial charge in [0, 0.05) is 35.9 Å². The first-order valence-corrected chi connectivity index (χ1v) is 10.8. The quantitative estimate of drug-likeness (QED) is 0.314. The summed E-state index contributed by atoms with van der Waals surface area (Å²) in [5, 5.41) is 14.7. The lowest BCUT2D eigenvalue weighted by Crippen LogP contribution is -2.46. The van der Waals surface area contributed by atoms with Gasteiger partial charge in [0.05, 0.1) is 23.3 Å². The third-order valence-corrected chi connectivity index (χ3v) is 5.79.